The van der Waals surface area contributed by atoms with E-state index in [1.165, 1.54) is 23.6 Å². The molecule has 2 aliphatic rings. The van der Waals surface area contributed by atoms with Gasteiger partial charge in [0, 0.05) is 11.9 Å². The molecule has 0 saturated heterocycles. The molecule has 1 aromatic rings. The van der Waals surface area contributed by atoms with E-state index >= 15 is 0 Å². The lowest BCUT2D eigenvalue weighted by Gasteiger charge is -2.39. The van der Waals surface area contributed by atoms with Gasteiger partial charge in [-0.15, -0.1) is 11.8 Å². The van der Waals surface area contributed by atoms with Gasteiger partial charge in [-0.05, 0) is 31.9 Å². The highest BCUT2D eigenvalue weighted by atomic mass is 32.2. The summed E-state index contributed by atoms with van der Waals surface area (Å²) in [4.78, 5) is 39.7. The Morgan fingerprint density at radius 2 is 2.03 bits per heavy atom. The van der Waals surface area contributed by atoms with Crippen LogP contribution in [-0.4, -0.2) is 46.6 Å². The molecule has 3 rings (SSSR count). The molecule has 1 aliphatic heterocycles. The molecule has 7 nitrogen and oxygen atoms in total. The van der Waals surface area contributed by atoms with Crippen LogP contribution in [-0.2, 0) is 19.1 Å². The van der Waals surface area contributed by atoms with Gasteiger partial charge >= 0.3 is 5.97 Å². The Morgan fingerprint density at radius 1 is 1.34 bits per heavy atom. The van der Waals surface area contributed by atoms with Crippen LogP contribution >= 0.6 is 11.8 Å². The van der Waals surface area contributed by atoms with Crippen LogP contribution in [0.15, 0.2) is 29.2 Å². The van der Waals surface area contributed by atoms with Gasteiger partial charge in [-0.1, -0.05) is 31.4 Å². The maximum Gasteiger partial charge on any atom is 0.308 e. The zero-order valence-corrected chi connectivity index (χ0v) is 17.5. The summed E-state index contributed by atoms with van der Waals surface area (Å²) >= 11 is 1.31. The maximum atomic E-state index is 12.8. The van der Waals surface area contributed by atoms with E-state index in [0.717, 1.165) is 29.8 Å². The number of amides is 2. The Balaban J connectivity index is 1.58. The van der Waals surface area contributed by atoms with Gasteiger partial charge in [0.1, 0.15) is 5.54 Å². The Bertz CT molecular complexity index is 845. The van der Waals surface area contributed by atoms with Gasteiger partial charge in [-0.25, -0.2) is 0 Å². The molecule has 1 aliphatic carbocycles. The maximum absolute atomic E-state index is 12.8. The van der Waals surface area contributed by atoms with Gasteiger partial charge in [0.05, 0.1) is 23.4 Å². The number of carbonyl (C=O) groups excluding carboxylic acids is 3. The summed E-state index contributed by atoms with van der Waals surface area (Å²) in [5.41, 5.74) is -0.106. The number of hydrogen-bond donors (Lipinski definition) is 1. The molecule has 29 heavy (non-hydrogen) atoms. The van der Waals surface area contributed by atoms with E-state index in [1.807, 2.05) is 24.3 Å². The summed E-state index contributed by atoms with van der Waals surface area (Å²) in [6.07, 6.45) is 2.97. The minimum absolute atomic E-state index is 0.129. The van der Waals surface area contributed by atoms with Crippen molar-refractivity contribution < 1.29 is 19.1 Å². The number of esters is 1. The number of fused-ring (bicyclic) bond motifs is 1. The molecule has 0 aromatic heterocycles. The summed E-state index contributed by atoms with van der Waals surface area (Å²) < 4.78 is 5.32. The van der Waals surface area contributed by atoms with Crippen molar-refractivity contribution in [3.05, 3.63) is 24.3 Å². The number of thioether (sulfide) groups is 1. The van der Waals surface area contributed by atoms with E-state index in [-0.39, 0.29) is 12.3 Å². The van der Waals surface area contributed by atoms with Crippen LogP contribution in [0.3, 0.4) is 0 Å². The van der Waals surface area contributed by atoms with Crippen molar-refractivity contribution in [3.8, 4) is 6.07 Å². The number of anilines is 1. The number of carbonyl (C=O) groups is 3. The fourth-order valence-corrected chi connectivity index (χ4v) is 4.91. The van der Waals surface area contributed by atoms with Crippen molar-refractivity contribution in [1.82, 2.24) is 4.90 Å². The molecule has 8 heteroatoms. The second kappa shape index (κ2) is 8.87. The molecule has 0 bridgehead atoms. The molecule has 0 unspecified atom stereocenters. The molecule has 1 N–H and O–H groups in total. The van der Waals surface area contributed by atoms with E-state index in [9.17, 15) is 19.6 Å². The molecule has 0 radical (unpaired) electrons. The zero-order valence-electron chi connectivity index (χ0n) is 16.6. The highest BCUT2D eigenvalue weighted by molar-refractivity contribution is 8.01. The van der Waals surface area contributed by atoms with Gasteiger partial charge in [0.25, 0.3) is 5.91 Å². The lowest BCUT2D eigenvalue weighted by atomic mass is 9.81. The van der Waals surface area contributed by atoms with Crippen molar-refractivity contribution in [1.29, 1.82) is 5.26 Å². The number of nitriles is 1. The van der Waals surface area contributed by atoms with Crippen LogP contribution in [0.1, 0.15) is 45.4 Å². The van der Waals surface area contributed by atoms with Crippen molar-refractivity contribution in [2.24, 2.45) is 0 Å². The van der Waals surface area contributed by atoms with Crippen molar-refractivity contribution in [2.75, 3.05) is 12.4 Å². The van der Waals surface area contributed by atoms with Crippen LogP contribution < -0.4 is 5.32 Å². The Hall–Kier alpha value is -2.53. The molecule has 1 saturated carbocycles. The first kappa shape index (κ1) is 21.2. The third-order valence-electron chi connectivity index (χ3n) is 5.58. The van der Waals surface area contributed by atoms with Gasteiger partial charge in [-0.2, -0.15) is 5.26 Å². The zero-order chi connectivity index (χ0) is 21.0. The number of benzene rings is 1. The SMILES string of the molecule is C[C@H](OC(=O)C[C@H]1Sc2ccccc2NC1=O)C(=O)N(C)C1(C#N)CCCCC1. The normalized spacial score (nSPS) is 21.1. The number of nitrogens with one attached hydrogen (secondary N) is 1. The second-order valence-electron chi connectivity index (χ2n) is 7.53. The molecule has 1 fully saturated rings. The van der Waals surface area contributed by atoms with E-state index in [0.29, 0.717) is 12.8 Å². The van der Waals surface area contributed by atoms with Crippen LogP contribution in [0.25, 0.3) is 0 Å². The summed E-state index contributed by atoms with van der Waals surface area (Å²) in [5.74, 6) is -1.26. The van der Waals surface area contributed by atoms with E-state index in [4.69, 9.17) is 4.74 Å². The Labute approximate surface area is 174 Å². The first-order valence-electron chi connectivity index (χ1n) is 9.81. The van der Waals surface area contributed by atoms with E-state index < -0.39 is 28.8 Å². The largest absolute Gasteiger partial charge is 0.452 e. The molecular weight excluding hydrogens is 390 g/mol. The van der Waals surface area contributed by atoms with Gasteiger partial charge in [0.2, 0.25) is 5.91 Å². The summed E-state index contributed by atoms with van der Waals surface area (Å²) in [7, 11) is 1.60. The smallest absolute Gasteiger partial charge is 0.308 e. The molecule has 2 amide bonds. The quantitative estimate of drug-likeness (QED) is 0.742. The van der Waals surface area contributed by atoms with Crippen LogP contribution in [0.4, 0.5) is 5.69 Å². The van der Waals surface area contributed by atoms with Crippen LogP contribution in [0, 0.1) is 11.3 Å². The van der Waals surface area contributed by atoms with Crippen molar-refractivity contribution in [2.45, 2.75) is 67.2 Å². The monoisotopic (exact) mass is 415 g/mol. The minimum Gasteiger partial charge on any atom is -0.452 e. The second-order valence-corrected chi connectivity index (χ2v) is 8.77. The fraction of sp³-hybridized carbons (Fsp3) is 0.524. The first-order valence-corrected chi connectivity index (χ1v) is 10.7. The predicted octanol–water partition coefficient (Wildman–Crippen LogP) is 3.11. The van der Waals surface area contributed by atoms with E-state index in [2.05, 4.69) is 11.4 Å². The number of nitrogens with zero attached hydrogens (tertiary/aromatic N) is 2. The molecule has 0 spiro atoms. The van der Waals surface area contributed by atoms with Gasteiger partial charge < -0.3 is 15.0 Å². The summed E-state index contributed by atoms with van der Waals surface area (Å²) in [6.45, 7) is 1.51. The van der Waals surface area contributed by atoms with Crippen LogP contribution in [0.2, 0.25) is 0 Å². The number of rotatable bonds is 5. The van der Waals surface area contributed by atoms with Gasteiger partial charge in [-0.3, -0.25) is 14.4 Å². The highest BCUT2D eigenvalue weighted by Crippen LogP contribution is 2.37. The predicted molar refractivity (Wildman–Crippen MR) is 109 cm³/mol. The number of hydrogen-bond acceptors (Lipinski definition) is 6. The fourth-order valence-electron chi connectivity index (χ4n) is 3.82. The topological polar surface area (TPSA) is 99.5 Å². The molecule has 1 heterocycles. The highest BCUT2D eigenvalue weighted by Gasteiger charge is 2.41. The molecular formula is C21H25N3O4S. The standard InChI is InChI=1S/C21H25N3O4S/c1-14(20(27)24(2)21(13-22)10-6-3-7-11-21)28-18(25)12-17-19(26)23-15-8-4-5-9-16(15)29-17/h4-5,8-9,14,17H,3,6-7,10-12H2,1-2H3,(H,23,26)/t14-,17+/m0/s1. The summed E-state index contributed by atoms with van der Waals surface area (Å²) in [6, 6.07) is 9.68. The summed E-state index contributed by atoms with van der Waals surface area (Å²) in [5, 5.41) is 11.8. The van der Waals surface area contributed by atoms with Crippen molar-refractivity contribution in [3.63, 3.8) is 0 Å². The Morgan fingerprint density at radius 3 is 2.72 bits per heavy atom. The van der Waals surface area contributed by atoms with E-state index in [1.54, 1.807) is 7.05 Å². The molecule has 1 aromatic carbocycles. The van der Waals surface area contributed by atoms with Gasteiger partial charge in [0.15, 0.2) is 6.10 Å². The Kier molecular flexibility index (Phi) is 6.48. The number of likely N-dealkylation sites (N-methyl/N-ethyl adjacent to an activating group) is 1. The lowest BCUT2D eigenvalue weighted by Crippen LogP contribution is -2.53. The first-order chi connectivity index (χ1) is 13.9. The number of ether oxygens (including phenoxy) is 1. The average molecular weight is 416 g/mol. The minimum atomic E-state index is -1.01. The molecule has 154 valence electrons. The third kappa shape index (κ3) is 4.56. The molecule has 2 atom stereocenters. The van der Waals surface area contributed by atoms with Crippen molar-refractivity contribution >= 4 is 35.2 Å². The number of para-hydroxylation sites is 1. The lowest BCUT2D eigenvalue weighted by molar-refractivity contribution is -0.161. The third-order valence-corrected chi connectivity index (χ3v) is 6.85. The average Bonchev–Trinajstić information content (AvgIpc) is 2.73. The van der Waals surface area contributed by atoms with Crippen LogP contribution in [0.5, 0.6) is 0 Å².